The Bertz CT molecular complexity index is 1270. The number of carbonyl (C=O) groups excluding carboxylic acids is 1. The molecule has 1 aromatic carbocycles. The van der Waals surface area contributed by atoms with Gasteiger partial charge in [-0.05, 0) is 43.4 Å². The van der Waals surface area contributed by atoms with Crippen molar-refractivity contribution in [2.75, 3.05) is 67.8 Å². The summed E-state index contributed by atoms with van der Waals surface area (Å²) in [5.74, 6) is -1.08. The Morgan fingerprint density at radius 2 is 1.77 bits per heavy atom. The van der Waals surface area contributed by atoms with Gasteiger partial charge in [0.25, 0.3) is 0 Å². The maximum Gasteiger partial charge on any atom is 0.308 e. The van der Waals surface area contributed by atoms with Crippen molar-refractivity contribution < 1.29 is 43.6 Å². The summed E-state index contributed by atoms with van der Waals surface area (Å²) >= 11 is 0. The molecule has 2 aliphatic rings. The Kier molecular flexibility index (Phi) is 10.9. The van der Waals surface area contributed by atoms with Gasteiger partial charge in [0.05, 0.1) is 47.3 Å². The quantitative estimate of drug-likeness (QED) is 0.192. The summed E-state index contributed by atoms with van der Waals surface area (Å²) in [5, 5.41) is 31.1. The van der Waals surface area contributed by atoms with E-state index in [-0.39, 0.29) is 37.5 Å². The Hall–Kier alpha value is -3.64. The van der Waals surface area contributed by atoms with Gasteiger partial charge in [0.2, 0.25) is 18.4 Å². The number of hydrogen-bond acceptors (Lipinski definition) is 8. The predicted octanol–water partition coefficient (Wildman–Crippen LogP) is 3.31. The minimum Gasteiger partial charge on any atom is -0.494 e. The Morgan fingerprint density at radius 3 is 2.41 bits per heavy atom. The van der Waals surface area contributed by atoms with E-state index in [0.29, 0.717) is 43.3 Å². The molecule has 3 atom stereocenters. The summed E-state index contributed by atoms with van der Waals surface area (Å²) in [6.07, 6.45) is 4.07. The lowest BCUT2D eigenvalue weighted by Crippen LogP contribution is -2.45. The van der Waals surface area contributed by atoms with Crippen molar-refractivity contribution in [2.45, 2.75) is 57.5 Å². The van der Waals surface area contributed by atoms with E-state index in [1.165, 1.54) is 23.8 Å². The molecular formula is C32H49N4O8+. The fraction of sp³-hybridized carbons (Fsp3) is 0.625. The van der Waals surface area contributed by atoms with E-state index in [0.717, 1.165) is 42.3 Å². The van der Waals surface area contributed by atoms with Crippen molar-refractivity contribution >= 4 is 11.9 Å². The normalized spacial score (nSPS) is 19.8. The smallest absolute Gasteiger partial charge is 0.308 e. The van der Waals surface area contributed by atoms with Crippen molar-refractivity contribution in [2.24, 2.45) is 5.92 Å². The van der Waals surface area contributed by atoms with Crippen molar-refractivity contribution in [3.8, 4) is 29.0 Å². The zero-order chi connectivity index (χ0) is 32.0. The van der Waals surface area contributed by atoms with Crippen molar-refractivity contribution in [3.63, 3.8) is 0 Å². The number of carbonyl (C=O) groups is 2. The Balaban J connectivity index is 1.60. The number of benzene rings is 1. The Labute approximate surface area is 259 Å². The van der Waals surface area contributed by atoms with Crippen LogP contribution in [0.1, 0.15) is 50.5 Å². The fourth-order valence-corrected chi connectivity index (χ4v) is 6.36. The zero-order valence-corrected chi connectivity index (χ0v) is 26.7. The van der Waals surface area contributed by atoms with Crippen molar-refractivity contribution in [3.05, 3.63) is 29.8 Å². The molecule has 1 saturated heterocycles. The van der Waals surface area contributed by atoms with E-state index in [9.17, 15) is 24.9 Å². The number of carboxylic acid groups (broad SMARTS) is 1. The highest BCUT2D eigenvalue weighted by Gasteiger charge is 2.47. The first kappa shape index (κ1) is 33.3. The first-order valence-electron chi connectivity index (χ1n) is 15.5. The fourth-order valence-electron chi connectivity index (χ4n) is 6.36. The lowest BCUT2D eigenvalue weighted by atomic mass is 9.84. The lowest BCUT2D eigenvalue weighted by Gasteiger charge is -2.30. The number of unbranched alkanes of at least 4 members (excludes halogenated alkanes) is 2. The highest BCUT2D eigenvalue weighted by molar-refractivity contribution is 5.79. The van der Waals surface area contributed by atoms with E-state index in [2.05, 4.69) is 28.1 Å². The second-order valence-corrected chi connectivity index (χ2v) is 12.9. The molecule has 12 nitrogen and oxygen atoms in total. The number of ether oxygens (including phenoxy) is 3. The molecule has 3 N–H and O–H groups in total. The van der Waals surface area contributed by atoms with Gasteiger partial charge in [-0.15, -0.1) is 0 Å². The maximum absolute atomic E-state index is 13.8. The lowest BCUT2D eigenvalue weighted by molar-refractivity contribution is -0.870. The molecule has 0 saturated carbocycles. The molecule has 0 aliphatic carbocycles. The molecule has 0 radical (unpaired) electrons. The maximum atomic E-state index is 13.8. The van der Waals surface area contributed by atoms with E-state index in [4.69, 9.17) is 14.2 Å². The molecule has 3 heterocycles. The third-order valence-corrected chi connectivity index (χ3v) is 8.70. The number of likely N-dealkylation sites (tertiary alicyclic amines) is 1. The van der Waals surface area contributed by atoms with Crippen LogP contribution >= 0.6 is 0 Å². The SMILES string of the molecule is CCCCN(CCCC[N+](C)(C)C)C(=O)CN1C[C@H](c2cc(OC)c3c(c2)OCO3)C(C(=O)O)[C@@H]1CCn1c(O)ccc1O. The van der Waals surface area contributed by atoms with Gasteiger partial charge in [-0.1, -0.05) is 13.3 Å². The molecule has 2 aromatic rings. The summed E-state index contributed by atoms with van der Waals surface area (Å²) in [4.78, 5) is 30.7. The summed E-state index contributed by atoms with van der Waals surface area (Å²) in [7, 11) is 8.00. The van der Waals surface area contributed by atoms with Crippen LogP contribution in [0.4, 0.5) is 0 Å². The number of aliphatic carboxylic acids is 1. The third-order valence-electron chi connectivity index (χ3n) is 8.70. The van der Waals surface area contributed by atoms with Crippen LogP contribution < -0.4 is 14.2 Å². The van der Waals surface area contributed by atoms with Crippen LogP contribution in [0.3, 0.4) is 0 Å². The van der Waals surface area contributed by atoms with E-state index in [1.807, 2.05) is 9.80 Å². The summed E-state index contributed by atoms with van der Waals surface area (Å²) in [5.41, 5.74) is 0.730. The van der Waals surface area contributed by atoms with E-state index in [1.54, 1.807) is 12.1 Å². The van der Waals surface area contributed by atoms with Crippen LogP contribution in [0.5, 0.6) is 29.0 Å². The molecule has 1 aromatic heterocycles. The number of fused-ring (bicyclic) bond motifs is 1. The minimum absolute atomic E-state index is 0.0200. The number of methoxy groups -OCH3 is 1. The molecule has 1 amide bonds. The van der Waals surface area contributed by atoms with Gasteiger partial charge in [0.15, 0.2) is 23.3 Å². The van der Waals surface area contributed by atoms with E-state index < -0.39 is 23.8 Å². The molecule has 44 heavy (non-hydrogen) atoms. The van der Waals surface area contributed by atoms with Gasteiger partial charge < -0.3 is 38.9 Å². The van der Waals surface area contributed by atoms with Gasteiger partial charge in [0.1, 0.15) is 0 Å². The second kappa shape index (κ2) is 14.4. The van der Waals surface area contributed by atoms with Crippen molar-refractivity contribution in [1.29, 1.82) is 0 Å². The molecule has 1 unspecified atom stereocenters. The average Bonchev–Trinajstić information content (AvgIpc) is 3.67. The third kappa shape index (κ3) is 7.89. The number of carboxylic acids is 1. The number of aromatic hydroxyl groups is 2. The number of rotatable bonds is 16. The number of nitrogens with zero attached hydrogens (tertiary/aromatic N) is 4. The molecule has 12 heteroatoms. The minimum atomic E-state index is -0.976. The van der Waals surface area contributed by atoms with Crippen LogP contribution in [-0.4, -0.2) is 120 Å². The standard InChI is InChI=1S/C32H48N4O8/c1-6-7-13-33(14-8-9-16-36(2,3)4)29(39)20-34-19-23(22-17-25(42-5)31-26(18-22)43-21-44-31)30(32(40)41)24(34)12-15-35-27(37)10-11-28(35)38/h10-11,17-18,23-24,30H,6-9,12-16,19-21H2,1-5H3,(H2-,37,38,40,41)/p+1/t23-,24+,30?/m1/s1. The first-order valence-corrected chi connectivity index (χ1v) is 15.5. The molecule has 0 bridgehead atoms. The molecule has 1 fully saturated rings. The van der Waals surface area contributed by atoms with Crippen LogP contribution in [0.25, 0.3) is 0 Å². The first-order chi connectivity index (χ1) is 20.9. The highest BCUT2D eigenvalue weighted by Crippen LogP contribution is 2.47. The second-order valence-electron chi connectivity index (χ2n) is 12.9. The molecule has 2 aliphatic heterocycles. The van der Waals surface area contributed by atoms with Gasteiger partial charge in [-0.3, -0.25) is 19.1 Å². The van der Waals surface area contributed by atoms with Crippen LogP contribution in [0, 0.1) is 5.92 Å². The average molecular weight is 618 g/mol. The highest BCUT2D eigenvalue weighted by atomic mass is 16.7. The summed E-state index contributed by atoms with van der Waals surface area (Å²) in [6, 6.07) is 5.85. The number of quaternary nitrogens is 1. The van der Waals surface area contributed by atoms with Gasteiger partial charge in [-0.2, -0.15) is 0 Å². The Morgan fingerprint density at radius 1 is 1.07 bits per heavy atom. The molecule has 0 spiro atoms. The molecule has 244 valence electrons. The number of hydrogen-bond donors (Lipinski definition) is 3. The van der Waals surface area contributed by atoms with Crippen molar-refractivity contribution in [1.82, 2.24) is 14.4 Å². The van der Waals surface area contributed by atoms with Gasteiger partial charge in [-0.25, -0.2) is 0 Å². The number of amides is 1. The molecule has 4 rings (SSSR count). The summed E-state index contributed by atoms with van der Waals surface area (Å²) in [6.45, 7) is 5.09. The van der Waals surface area contributed by atoms with Crippen LogP contribution in [0.2, 0.25) is 0 Å². The number of aromatic nitrogens is 1. The van der Waals surface area contributed by atoms with Crippen LogP contribution in [0.15, 0.2) is 24.3 Å². The topological polar surface area (TPSA) is 134 Å². The zero-order valence-electron chi connectivity index (χ0n) is 26.7. The van der Waals surface area contributed by atoms with Crippen LogP contribution in [-0.2, 0) is 16.1 Å². The van der Waals surface area contributed by atoms with Gasteiger partial charge >= 0.3 is 5.97 Å². The summed E-state index contributed by atoms with van der Waals surface area (Å²) < 4.78 is 18.9. The predicted molar refractivity (Wildman–Crippen MR) is 164 cm³/mol. The monoisotopic (exact) mass is 617 g/mol. The molecular weight excluding hydrogens is 568 g/mol. The van der Waals surface area contributed by atoms with E-state index >= 15 is 0 Å². The largest absolute Gasteiger partial charge is 0.494 e. The van der Waals surface area contributed by atoms with Gasteiger partial charge in [0, 0.05) is 50.3 Å².